The number of ether oxygens (including phenoxy) is 1. The molecule has 98 valence electrons. The van der Waals surface area contributed by atoms with Crippen molar-refractivity contribution in [3.05, 3.63) is 29.8 Å². The molecule has 1 fully saturated rings. The van der Waals surface area contributed by atoms with E-state index in [9.17, 15) is 4.79 Å². The van der Waals surface area contributed by atoms with E-state index in [0.29, 0.717) is 12.5 Å². The fourth-order valence-electron chi connectivity index (χ4n) is 2.52. The van der Waals surface area contributed by atoms with Gasteiger partial charge < -0.3 is 4.74 Å². The Labute approximate surface area is 109 Å². The Morgan fingerprint density at radius 3 is 3.06 bits per heavy atom. The zero-order chi connectivity index (χ0) is 13.0. The minimum Gasteiger partial charge on any atom is -0.497 e. The van der Waals surface area contributed by atoms with Crippen molar-refractivity contribution in [2.45, 2.75) is 19.8 Å². The first-order valence-electron chi connectivity index (χ1n) is 6.58. The Hall–Kier alpha value is -1.35. The van der Waals surface area contributed by atoms with Gasteiger partial charge in [-0.25, -0.2) is 0 Å². The number of benzene rings is 1. The molecule has 1 atom stereocenters. The summed E-state index contributed by atoms with van der Waals surface area (Å²) in [6, 6.07) is 7.40. The summed E-state index contributed by atoms with van der Waals surface area (Å²) in [7, 11) is 1.62. The summed E-state index contributed by atoms with van der Waals surface area (Å²) >= 11 is 0. The lowest BCUT2D eigenvalue weighted by atomic mass is 9.99. The molecule has 0 N–H and O–H groups in total. The Morgan fingerprint density at radius 1 is 1.50 bits per heavy atom. The van der Waals surface area contributed by atoms with Crippen LogP contribution < -0.4 is 4.74 Å². The van der Waals surface area contributed by atoms with Gasteiger partial charge in [0.1, 0.15) is 5.75 Å². The van der Waals surface area contributed by atoms with Crippen LogP contribution in [0.5, 0.6) is 5.75 Å². The molecule has 0 amide bonds. The van der Waals surface area contributed by atoms with Crippen molar-refractivity contribution in [3.63, 3.8) is 0 Å². The van der Waals surface area contributed by atoms with E-state index in [1.54, 1.807) is 7.11 Å². The molecule has 3 nitrogen and oxygen atoms in total. The number of ketones is 1. The van der Waals surface area contributed by atoms with Gasteiger partial charge in [-0.1, -0.05) is 19.1 Å². The molecule has 0 aliphatic carbocycles. The second kappa shape index (κ2) is 6.01. The summed E-state index contributed by atoms with van der Waals surface area (Å²) < 4.78 is 5.15. The first-order chi connectivity index (χ1) is 8.69. The fraction of sp³-hybridized carbons (Fsp3) is 0.533. The standard InChI is InChI=1S/C15H21NO2/c1-12-5-4-8-16(10-12)11-15(17)13-6-3-7-14(9-13)18-2/h3,6-7,9,12H,4-5,8,10-11H2,1-2H3. The molecule has 3 heteroatoms. The quantitative estimate of drug-likeness (QED) is 0.766. The number of carbonyl (C=O) groups is 1. The Morgan fingerprint density at radius 2 is 2.33 bits per heavy atom. The highest BCUT2D eigenvalue weighted by molar-refractivity contribution is 5.97. The van der Waals surface area contributed by atoms with E-state index in [2.05, 4.69) is 11.8 Å². The van der Waals surface area contributed by atoms with Crippen molar-refractivity contribution in [2.75, 3.05) is 26.7 Å². The van der Waals surface area contributed by atoms with Gasteiger partial charge in [-0.15, -0.1) is 0 Å². The molecule has 1 heterocycles. The lowest BCUT2D eigenvalue weighted by molar-refractivity contribution is 0.0892. The molecular weight excluding hydrogens is 226 g/mol. The average molecular weight is 247 g/mol. The molecule has 1 aliphatic heterocycles. The van der Waals surface area contributed by atoms with Crippen LogP contribution in [0.3, 0.4) is 0 Å². The van der Waals surface area contributed by atoms with Gasteiger partial charge in [0.2, 0.25) is 0 Å². The largest absolute Gasteiger partial charge is 0.497 e. The third-order valence-corrected chi connectivity index (χ3v) is 3.50. The Kier molecular flexibility index (Phi) is 4.37. The van der Waals surface area contributed by atoms with Gasteiger partial charge in [-0.05, 0) is 37.4 Å². The number of rotatable bonds is 4. The van der Waals surface area contributed by atoms with Crippen LogP contribution in [0.15, 0.2) is 24.3 Å². The van der Waals surface area contributed by atoms with E-state index in [1.807, 2.05) is 24.3 Å². The van der Waals surface area contributed by atoms with Gasteiger partial charge in [0, 0.05) is 12.1 Å². The molecule has 0 spiro atoms. The monoisotopic (exact) mass is 247 g/mol. The number of hydrogen-bond donors (Lipinski definition) is 0. The lowest BCUT2D eigenvalue weighted by Gasteiger charge is -2.30. The number of hydrogen-bond acceptors (Lipinski definition) is 3. The number of Topliss-reactive ketones (excluding diaryl/α,β-unsaturated/α-hetero) is 1. The van der Waals surface area contributed by atoms with E-state index < -0.39 is 0 Å². The fourth-order valence-corrected chi connectivity index (χ4v) is 2.52. The molecule has 0 aromatic heterocycles. The van der Waals surface area contributed by atoms with Crippen molar-refractivity contribution in [3.8, 4) is 5.75 Å². The zero-order valence-electron chi connectivity index (χ0n) is 11.2. The van der Waals surface area contributed by atoms with Crippen LogP contribution in [0, 0.1) is 5.92 Å². The van der Waals surface area contributed by atoms with E-state index >= 15 is 0 Å². The average Bonchev–Trinajstić information content (AvgIpc) is 2.39. The van der Waals surface area contributed by atoms with Crippen LogP contribution in [0.1, 0.15) is 30.1 Å². The van der Waals surface area contributed by atoms with Gasteiger partial charge in [0.15, 0.2) is 5.78 Å². The maximum Gasteiger partial charge on any atom is 0.176 e. The number of carbonyl (C=O) groups excluding carboxylic acids is 1. The first-order valence-corrected chi connectivity index (χ1v) is 6.58. The van der Waals surface area contributed by atoms with Crippen LogP contribution in [-0.4, -0.2) is 37.4 Å². The van der Waals surface area contributed by atoms with Crippen molar-refractivity contribution in [1.82, 2.24) is 4.90 Å². The topological polar surface area (TPSA) is 29.5 Å². The Bertz CT molecular complexity index is 417. The summed E-state index contributed by atoms with van der Waals surface area (Å²) in [4.78, 5) is 14.5. The predicted octanol–water partition coefficient (Wildman–Crippen LogP) is 2.61. The summed E-state index contributed by atoms with van der Waals surface area (Å²) in [6.45, 7) is 4.86. The van der Waals surface area contributed by atoms with Gasteiger partial charge in [0.25, 0.3) is 0 Å². The van der Waals surface area contributed by atoms with Gasteiger partial charge in [-0.3, -0.25) is 9.69 Å². The SMILES string of the molecule is COc1cccc(C(=O)CN2CCCC(C)C2)c1. The van der Waals surface area contributed by atoms with Crippen LogP contribution in [-0.2, 0) is 0 Å². The van der Waals surface area contributed by atoms with Crippen LogP contribution in [0.2, 0.25) is 0 Å². The molecule has 1 aromatic rings. The molecule has 1 aliphatic rings. The summed E-state index contributed by atoms with van der Waals surface area (Å²) in [5.41, 5.74) is 0.743. The van der Waals surface area contributed by atoms with Crippen molar-refractivity contribution < 1.29 is 9.53 Å². The molecule has 0 radical (unpaired) electrons. The maximum absolute atomic E-state index is 12.2. The third-order valence-electron chi connectivity index (χ3n) is 3.50. The molecule has 0 saturated carbocycles. The van der Waals surface area contributed by atoms with Crippen molar-refractivity contribution >= 4 is 5.78 Å². The highest BCUT2D eigenvalue weighted by Gasteiger charge is 2.19. The van der Waals surface area contributed by atoms with E-state index in [1.165, 1.54) is 12.8 Å². The number of piperidine rings is 1. The Balaban J connectivity index is 1.98. The summed E-state index contributed by atoms with van der Waals surface area (Å²) in [5.74, 6) is 1.63. The molecule has 2 rings (SSSR count). The van der Waals surface area contributed by atoms with Crippen molar-refractivity contribution in [2.24, 2.45) is 5.92 Å². The maximum atomic E-state index is 12.2. The third kappa shape index (κ3) is 3.33. The number of methoxy groups -OCH3 is 1. The second-order valence-electron chi connectivity index (χ2n) is 5.14. The second-order valence-corrected chi connectivity index (χ2v) is 5.14. The molecule has 1 unspecified atom stereocenters. The minimum atomic E-state index is 0.183. The molecule has 0 bridgehead atoms. The smallest absolute Gasteiger partial charge is 0.176 e. The van der Waals surface area contributed by atoms with E-state index in [-0.39, 0.29) is 5.78 Å². The van der Waals surface area contributed by atoms with Gasteiger partial charge >= 0.3 is 0 Å². The number of likely N-dealkylation sites (tertiary alicyclic amines) is 1. The first kappa shape index (κ1) is 13.1. The molecule has 18 heavy (non-hydrogen) atoms. The molecular formula is C15H21NO2. The van der Waals surface area contributed by atoms with E-state index in [0.717, 1.165) is 24.4 Å². The number of nitrogens with zero attached hydrogens (tertiary/aromatic N) is 1. The highest BCUT2D eigenvalue weighted by Crippen LogP contribution is 2.17. The zero-order valence-corrected chi connectivity index (χ0v) is 11.2. The molecule has 1 aromatic carbocycles. The van der Waals surface area contributed by atoms with Crippen LogP contribution >= 0.6 is 0 Å². The van der Waals surface area contributed by atoms with Gasteiger partial charge in [0.05, 0.1) is 13.7 Å². The van der Waals surface area contributed by atoms with Crippen molar-refractivity contribution in [1.29, 1.82) is 0 Å². The van der Waals surface area contributed by atoms with Gasteiger partial charge in [-0.2, -0.15) is 0 Å². The normalized spacial score (nSPS) is 20.7. The highest BCUT2D eigenvalue weighted by atomic mass is 16.5. The summed E-state index contributed by atoms with van der Waals surface area (Å²) in [5, 5.41) is 0. The van der Waals surface area contributed by atoms with Crippen LogP contribution in [0.4, 0.5) is 0 Å². The van der Waals surface area contributed by atoms with E-state index in [4.69, 9.17) is 4.74 Å². The summed E-state index contributed by atoms with van der Waals surface area (Å²) in [6.07, 6.45) is 2.48. The predicted molar refractivity (Wildman–Crippen MR) is 72.2 cm³/mol. The minimum absolute atomic E-state index is 0.183. The molecule has 1 saturated heterocycles. The van der Waals surface area contributed by atoms with Crippen LogP contribution in [0.25, 0.3) is 0 Å². The lowest BCUT2D eigenvalue weighted by Crippen LogP contribution is -2.37.